The van der Waals surface area contributed by atoms with Crippen LogP contribution in [0.4, 0.5) is 0 Å². The third kappa shape index (κ3) is 3.30. The Kier molecular flexibility index (Phi) is 5.15. The van der Waals surface area contributed by atoms with Crippen molar-refractivity contribution in [2.24, 2.45) is 0 Å². The minimum absolute atomic E-state index is 0.0300. The second-order valence-corrected chi connectivity index (χ2v) is 4.13. The second-order valence-electron chi connectivity index (χ2n) is 4.13. The number of nitrogens with zero attached hydrogens (tertiary/aromatic N) is 2. The number of aryl methyl sites for hydroxylation is 2. The molecule has 0 fully saturated rings. The van der Waals surface area contributed by atoms with E-state index in [-0.39, 0.29) is 5.91 Å². The van der Waals surface area contributed by atoms with E-state index in [0.29, 0.717) is 6.54 Å². The average Bonchev–Trinajstić information content (AvgIpc) is 2.55. The summed E-state index contributed by atoms with van der Waals surface area (Å²) in [4.78, 5) is 12.0. The quantitative estimate of drug-likeness (QED) is 0.723. The number of amides is 1. The average molecular weight is 238 g/mol. The molecule has 0 atom stereocenters. The van der Waals surface area contributed by atoms with Gasteiger partial charge in [-0.3, -0.25) is 9.48 Å². The predicted octanol–water partition coefficient (Wildman–Crippen LogP) is 0.859. The van der Waals surface area contributed by atoms with E-state index in [2.05, 4.69) is 22.7 Å². The van der Waals surface area contributed by atoms with Crippen molar-refractivity contribution in [2.45, 2.75) is 33.7 Å². The van der Waals surface area contributed by atoms with Crippen molar-refractivity contribution in [3.8, 4) is 0 Å². The Balaban J connectivity index is 2.78. The summed E-state index contributed by atoms with van der Waals surface area (Å²) in [5.74, 6) is -0.0300. The van der Waals surface area contributed by atoms with E-state index < -0.39 is 0 Å². The number of likely N-dealkylation sites (N-methyl/N-ethyl adjacent to an activating group) is 1. The first kappa shape index (κ1) is 13.7. The van der Waals surface area contributed by atoms with Crippen LogP contribution in [0.2, 0.25) is 0 Å². The number of hydrogen-bond acceptors (Lipinski definition) is 3. The van der Waals surface area contributed by atoms with Gasteiger partial charge in [0.25, 0.3) is 5.91 Å². The summed E-state index contributed by atoms with van der Waals surface area (Å²) in [7, 11) is 1.86. The van der Waals surface area contributed by atoms with Gasteiger partial charge in [0, 0.05) is 25.3 Å². The fourth-order valence-electron chi connectivity index (χ4n) is 1.84. The van der Waals surface area contributed by atoms with Gasteiger partial charge in [-0.15, -0.1) is 0 Å². The molecule has 0 saturated heterocycles. The van der Waals surface area contributed by atoms with Crippen molar-refractivity contribution in [2.75, 3.05) is 20.1 Å². The summed E-state index contributed by atoms with van der Waals surface area (Å²) in [5, 5.41) is 10.3. The van der Waals surface area contributed by atoms with Gasteiger partial charge in [0.15, 0.2) is 0 Å². The lowest BCUT2D eigenvalue weighted by molar-refractivity contribution is 0.0953. The molecule has 1 heterocycles. The molecule has 0 saturated carbocycles. The van der Waals surface area contributed by atoms with Gasteiger partial charge in [-0.25, -0.2) is 0 Å². The number of carbonyl (C=O) groups is 1. The summed E-state index contributed by atoms with van der Waals surface area (Å²) >= 11 is 0. The molecule has 1 amide bonds. The first-order chi connectivity index (χ1) is 8.11. The largest absolute Gasteiger partial charge is 0.351 e. The van der Waals surface area contributed by atoms with E-state index in [0.717, 1.165) is 36.5 Å². The van der Waals surface area contributed by atoms with Crippen LogP contribution < -0.4 is 10.6 Å². The highest BCUT2D eigenvalue weighted by Gasteiger charge is 2.17. The van der Waals surface area contributed by atoms with E-state index in [1.807, 2.05) is 25.6 Å². The lowest BCUT2D eigenvalue weighted by atomic mass is 10.2. The maximum Gasteiger partial charge on any atom is 0.255 e. The molecule has 0 radical (unpaired) electrons. The van der Waals surface area contributed by atoms with Gasteiger partial charge < -0.3 is 10.6 Å². The maximum absolute atomic E-state index is 12.0. The van der Waals surface area contributed by atoms with Crippen molar-refractivity contribution < 1.29 is 4.79 Å². The number of hydrogen-bond donors (Lipinski definition) is 2. The summed E-state index contributed by atoms with van der Waals surface area (Å²) in [6.45, 7) is 8.19. The van der Waals surface area contributed by atoms with Gasteiger partial charge in [-0.2, -0.15) is 5.10 Å². The molecule has 0 aliphatic heterocycles. The number of carbonyl (C=O) groups excluding carboxylic acids is 1. The molecule has 17 heavy (non-hydrogen) atoms. The molecule has 5 nitrogen and oxygen atoms in total. The molecule has 2 N–H and O–H groups in total. The van der Waals surface area contributed by atoms with E-state index in [9.17, 15) is 4.79 Å². The summed E-state index contributed by atoms with van der Waals surface area (Å²) in [6, 6.07) is 0. The maximum atomic E-state index is 12.0. The Morgan fingerprint density at radius 1 is 1.35 bits per heavy atom. The van der Waals surface area contributed by atoms with Gasteiger partial charge in [-0.1, -0.05) is 6.92 Å². The van der Waals surface area contributed by atoms with Crippen molar-refractivity contribution >= 4 is 5.91 Å². The fourth-order valence-corrected chi connectivity index (χ4v) is 1.84. The third-order valence-electron chi connectivity index (χ3n) is 2.70. The molecule has 0 aliphatic rings. The van der Waals surface area contributed by atoms with Crippen LogP contribution in [0.25, 0.3) is 0 Å². The normalized spacial score (nSPS) is 10.6. The highest BCUT2D eigenvalue weighted by molar-refractivity contribution is 5.96. The molecule has 5 heteroatoms. The van der Waals surface area contributed by atoms with Crippen molar-refractivity contribution in [3.05, 3.63) is 17.0 Å². The molecule has 1 aromatic heterocycles. The first-order valence-electron chi connectivity index (χ1n) is 6.08. The Morgan fingerprint density at radius 2 is 2.06 bits per heavy atom. The molecule has 1 rings (SSSR count). The summed E-state index contributed by atoms with van der Waals surface area (Å²) in [6.07, 6.45) is 1.02. The Hall–Kier alpha value is -1.36. The Labute approximate surface area is 103 Å². The van der Waals surface area contributed by atoms with E-state index >= 15 is 0 Å². The van der Waals surface area contributed by atoms with Crippen LogP contribution in [-0.2, 0) is 6.54 Å². The Morgan fingerprint density at radius 3 is 2.65 bits per heavy atom. The summed E-state index contributed by atoms with van der Waals surface area (Å²) in [5.41, 5.74) is 2.47. The van der Waals surface area contributed by atoms with E-state index in [1.54, 1.807) is 0 Å². The SMILES string of the molecule is CCCn1nc(C)c(C(=O)NCCNC)c1C. The second kappa shape index (κ2) is 6.39. The topological polar surface area (TPSA) is 59.0 Å². The van der Waals surface area contributed by atoms with Crippen molar-refractivity contribution in [1.82, 2.24) is 20.4 Å². The zero-order valence-corrected chi connectivity index (χ0v) is 11.1. The van der Waals surface area contributed by atoms with E-state index in [4.69, 9.17) is 0 Å². The molecular formula is C12H22N4O. The van der Waals surface area contributed by atoms with Crippen molar-refractivity contribution in [1.29, 1.82) is 0 Å². The van der Waals surface area contributed by atoms with Gasteiger partial charge in [0.1, 0.15) is 0 Å². The van der Waals surface area contributed by atoms with Crippen LogP contribution in [0.1, 0.15) is 35.1 Å². The van der Waals surface area contributed by atoms with Crippen LogP contribution in [0.15, 0.2) is 0 Å². The Bertz CT molecular complexity index is 384. The molecule has 96 valence electrons. The summed E-state index contributed by atoms with van der Waals surface area (Å²) < 4.78 is 1.91. The zero-order valence-electron chi connectivity index (χ0n) is 11.1. The van der Waals surface area contributed by atoms with Gasteiger partial charge in [0.05, 0.1) is 11.3 Å². The molecule has 0 aliphatic carbocycles. The minimum Gasteiger partial charge on any atom is -0.351 e. The first-order valence-corrected chi connectivity index (χ1v) is 6.08. The fraction of sp³-hybridized carbons (Fsp3) is 0.667. The molecule has 0 bridgehead atoms. The van der Waals surface area contributed by atoms with Gasteiger partial charge in [0.2, 0.25) is 0 Å². The number of aromatic nitrogens is 2. The third-order valence-corrected chi connectivity index (χ3v) is 2.70. The van der Waals surface area contributed by atoms with Gasteiger partial charge >= 0.3 is 0 Å². The monoisotopic (exact) mass is 238 g/mol. The van der Waals surface area contributed by atoms with Crippen LogP contribution in [-0.4, -0.2) is 35.8 Å². The molecule has 0 unspecified atom stereocenters. The highest BCUT2D eigenvalue weighted by Crippen LogP contribution is 2.13. The molecular weight excluding hydrogens is 216 g/mol. The lowest BCUT2D eigenvalue weighted by Gasteiger charge is -2.05. The zero-order chi connectivity index (χ0) is 12.8. The lowest BCUT2D eigenvalue weighted by Crippen LogP contribution is -2.31. The van der Waals surface area contributed by atoms with Crippen LogP contribution in [0.5, 0.6) is 0 Å². The molecule has 0 aromatic carbocycles. The predicted molar refractivity (Wildman–Crippen MR) is 68.3 cm³/mol. The van der Waals surface area contributed by atoms with E-state index in [1.165, 1.54) is 0 Å². The minimum atomic E-state index is -0.0300. The highest BCUT2D eigenvalue weighted by atomic mass is 16.1. The smallest absolute Gasteiger partial charge is 0.255 e. The standard InChI is InChI=1S/C12H22N4O/c1-5-8-16-10(3)11(9(2)15-16)12(17)14-7-6-13-4/h13H,5-8H2,1-4H3,(H,14,17). The van der Waals surface area contributed by atoms with Crippen LogP contribution >= 0.6 is 0 Å². The van der Waals surface area contributed by atoms with Gasteiger partial charge in [-0.05, 0) is 27.3 Å². The van der Waals surface area contributed by atoms with Crippen LogP contribution in [0, 0.1) is 13.8 Å². The van der Waals surface area contributed by atoms with Crippen molar-refractivity contribution in [3.63, 3.8) is 0 Å². The number of rotatable bonds is 6. The molecule has 0 spiro atoms. The van der Waals surface area contributed by atoms with Crippen LogP contribution in [0.3, 0.4) is 0 Å². The number of nitrogens with one attached hydrogen (secondary N) is 2. The molecule has 1 aromatic rings.